The number of hydrogen-bond acceptors (Lipinski definition) is 5. The van der Waals surface area contributed by atoms with E-state index in [2.05, 4.69) is 10.3 Å². The first-order chi connectivity index (χ1) is 13.7. The maximum Gasteiger partial charge on any atom is 0.262 e. The molecule has 3 rings (SSSR count). The molecule has 0 radical (unpaired) electrons. The molecule has 2 aromatic heterocycles. The SMILES string of the molecule is N#CC(=Cc1ccc(COc2ccccc2Cl)o1)C(=O)NCc1cccnc1. The fourth-order valence-corrected chi connectivity index (χ4v) is 2.52. The molecular formula is C21H16ClN3O3. The largest absolute Gasteiger partial charge is 0.484 e. The van der Waals surface area contributed by atoms with Crippen LogP contribution in [0.15, 0.2) is 70.9 Å². The summed E-state index contributed by atoms with van der Waals surface area (Å²) in [5.41, 5.74) is 0.780. The summed E-state index contributed by atoms with van der Waals surface area (Å²) in [6.45, 7) is 0.452. The number of furan rings is 1. The van der Waals surface area contributed by atoms with Crippen molar-refractivity contribution in [3.05, 3.63) is 88.6 Å². The van der Waals surface area contributed by atoms with Crippen molar-refractivity contribution in [2.45, 2.75) is 13.2 Å². The van der Waals surface area contributed by atoms with E-state index in [1.165, 1.54) is 6.08 Å². The first-order valence-electron chi connectivity index (χ1n) is 8.40. The molecule has 0 spiro atoms. The average Bonchev–Trinajstić information content (AvgIpc) is 3.18. The summed E-state index contributed by atoms with van der Waals surface area (Å²) in [5.74, 6) is 0.979. The molecule has 0 unspecified atom stereocenters. The second kappa shape index (κ2) is 9.40. The minimum atomic E-state index is -0.489. The van der Waals surface area contributed by atoms with Crippen LogP contribution in [0.5, 0.6) is 5.75 Å². The number of nitrogens with zero attached hydrogens (tertiary/aromatic N) is 2. The van der Waals surface area contributed by atoms with Gasteiger partial charge in [0, 0.05) is 25.0 Å². The predicted molar refractivity (Wildman–Crippen MR) is 104 cm³/mol. The minimum absolute atomic E-state index is 0.0585. The van der Waals surface area contributed by atoms with E-state index in [9.17, 15) is 10.1 Å². The van der Waals surface area contributed by atoms with E-state index in [0.717, 1.165) is 5.56 Å². The van der Waals surface area contributed by atoms with Gasteiger partial charge in [-0.3, -0.25) is 9.78 Å². The number of pyridine rings is 1. The van der Waals surface area contributed by atoms with Gasteiger partial charge < -0.3 is 14.5 Å². The van der Waals surface area contributed by atoms with Crippen LogP contribution in [0.3, 0.4) is 0 Å². The van der Waals surface area contributed by atoms with Gasteiger partial charge in [0.25, 0.3) is 5.91 Å². The number of rotatable bonds is 7. The number of halogens is 1. The van der Waals surface area contributed by atoms with Crippen molar-refractivity contribution in [2.75, 3.05) is 0 Å². The summed E-state index contributed by atoms with van der Waals surface area (Å²) in [6, 6.07) is 16.0. The molecular weight excluding hydrogens is 378 g/mol. The summed E-state index contributed by atoms with van der Waals surface area (Å²) in [4.78, 5) is 16.2. The lowest BCUT2D eigenvalue weighted by Crippen LogP contribution is -2.23. The van der Waals surface area contributed by atoms with Crippen molar-refractivity contribution in [1.29, 1.82) is 5.26 Å². The number of carbonyl (C=O) groups is 1. The number of para-hydroxylation sites is 1. The van der Waals surface area contributed by atoms with Crippen LogP contribution in [-0.4, -0.2) is 10.9 Å². The molecule has 0 bridgehead atoms. The third kappa shape index (κ3) is 5.22. The maximum atomic E-state index is 12.2. The van der Waals surface area contributed by atoms with Crippen molar-refractivity contribution in [1.82, 2.24) is 10.3 Å². The molecule has 0 saturated carbocycles. The Hall–Kier alpha value is -3.56. The van der Waals surface area contributed by atoms with E-state index >= 15 is 0 Å². The van der Waals surface area contributed by atoms with Crippen LogP contribution in [0.1, 0.15) is 17.1 Å². The molecule has 1 amide bonds. The maximum absolute atomic E-state index is 12.2. The number of carbonyl (C=O) groups excluding carboxylic acids is 1. The van der Waals surface area contributed by atoms with Crippen LogP contribution in [0.2, 0.25) is 5.02 Å². The zero-order valence-corrected chi connectivity index (χ0v) is 15.5. The first kappa shape index (κ1) is 19.2. The Morgan fingerprint density at radius 3 is 2.86 bits per heavy atom. The number of nitrogens with one attached hydrogen (secondary N) is 1. The van der Waals surface area contributed by atoms with Crippen LogP contribution in [0.25, 0.3) is 6.08 Å². The number of hydrogen-bond donors (Lipinski definition) is 1. The Kier molecular flexibility index (Phi) is 6.45. The summed E-state index contributed by atoms with van der Waals surface area (Å²) in [7, 11) is 0. The molecule has 0 fully saturated rings. The normalized spacial score (nSPS) is 10.9. The molecule has 2 heterocycles. The molecule has 7 heteroatoms. The average molecular weight is 394 g/mol. The molecule has 0 aliphatic heterocycles. The van der Waals surface area contributed by atoms with Gasteiger partial charge in [0.1, 0.15) is 35.5 Å². The highest BCUT2D eigenvalue weighted by atomic mass is 35.5. The third-order valence-corrected chi connectivity index (χ3v) is 4.03. The Morgan fingerprint density at radius 2 is 2.11 bits per heavy atom. The molecule has 3 aromatic rings. The highest BCUT2D eigenvalue weighted by molar-refractivity contribution is 6.32. The zero-order valence-electron chi connectivity index (χ0n) is 14.8. The van der Waals surface area contributed by atoms with E-state index in [1.807, 2.05) is 24.3 Å². The number of nitriles is 1. The lowest BCUT2D eigenvalue weighted by atomic mass is 10.2. The van der Waals surface area contributed by atoms with E-state index in [4.69, 9.17) is 20.8 Å². The summed E-state index contributed by atoms with van der Waals surface area (Å²) >= 11 is 6.04. The highest BCUT2D eigenvalue weighted by Gasteiger charge is 2.11. The van der Waals surface area contributed by atoms with Crippen molar-refractivity contribution >= 4 is 23.6 Å². The molecule has 28 heavy (non-hydrogen) atoms. The molecule has 140 valence electrons. The number of amides is 1. The van der Waals surface area contributed by atoms with E-state index < -0.39 is 5.91 Å². The van der Waals surface area contributed by atoms with Crippen molar-refractivity contribution < 1.29 is 13.9 Å². The van der Waals surface area contributed by atoms with Crippen molar-refractivity contribution in [3.8, 4) is 11.8 Å². The highest BCUT2D eigenvalue weighted by Crippen LogP contribution is 2.24. The molecule has 1 N–H and O–H groups in total. The topological polar surface area (TPSA) is 88.1 Å². The zero-order chi connectivity index (χ0) is 19.8. The predicted octanol–water partition coefficient (Wildman–Crippen LogP) is 4.13. The van der Waals surface area contributed by atoms with Gasteiger partial charge in [-0.1, -0.05) is 29.8 Å². The second-order valence-electron chi connectivity index (χ2n) is 5.74. The Labute approximate surface area is 167 Å². The lowest BCUT2D eigenvalue weighted by molar-refractivity contribution is -0.117. The van der Waals surface area contributed by atoms with Gasteiger partial charge in [-0.2, -0.15) is 5.26 Å². The molecule has 0 saturated heterocycles. The Morgan fingerprint density at radius 1 is 1.25 bits per heavy atom. The van der Waals surface area contributed by atoms with E-state index in [1.54, 1.807) is 42.7 Å². The quantitative estimate of drug-likeness (QED) is 0.481. The summed E-state index contributed by atoms with van der Waals surface area (Å²) in [5, 5.41) is 12.5. The fourth-order valence-electron chi connectivity index (χ4n) is 2.33. The molecule has 1 aromatic carbocycles. The van der Waals surface area contributed by atoms with E-state index in [0.29, 0.717) is 22.3 Å². The van der Waals surface area contributed by atoms with Crippen LogP contribution in [-0.2, 0) is 17.9 Å². The Balaban J connectivity index is 1.60. The molecule has 0 aliphatic carbocycles. The number of ether oxygens (including phenoxy) is 1. The Bertz CT molecular complexity index is 1020. The van der Waals surface area contributed by atoms with Crippen LogP contribution < -0.4 is 10.1 Å². The lowest BCUT2D eigenvalue weighted by Gasteiger charge is -2.05. The van der Waals surface area contributed by atoms with Gasteiger partial charge in [-0.05, 0) is 35.9 Å². The number of aromatic nitrogens is 1. The summed E-state index contributed by atoms with van der Waals surface area (Å²) in [6.07, 6.45) is 4.68. The molecule has 0 aliphatic rings. The van der Waals surface area contributed by atoms with Crippen molar-refractivity contribution in [3.63, 3.8) is 0 Å². The molecule has 6 nitrogen and oxygen atoms in total. The summed E-state index contributed by atoms with van der Waals surface area (Å²) < 4.78 is 11.2. The first-order valence-corrected chi connectivity index (χ1v) is 8.78. The minimum Gasteiger partial charge on any atom is -0.484 e. The standard InChI is InChI=1S/C21H16ClN3O3/c22-19-5-1-2-6-20(19)27-14-18-8-7-17(28-18)10-16(11-23)21(26)25-13-15-4-3-9-24-12-15/h1-10,12H,13-14H2,(H,25,26). The van der Waals surface area contributed by atoms with Gasteiger partial charge >= 0.3 is 0 Å². The van der Waals surface area contributed by atoms with Crippen LogP contribution in [0.4, 0.5) is 0 Å². The molecule has 0 atom stereocenters. The van der Waals surface area contributed by atoms with Gasteiger partial charge in [0.05, 0.1) is 5.02 Å². The second-order valence-corrected chi connectivity index (χ2v) is 6.14. The van der Waals surface area contributed by atoms with Crippen LogP contribution >= 0.6 is 11.6 Å². The number of benzene rings is 1. The van der Waals surface area contributed by atoms with Gasteiger partial charge in [0.2, 0.25) is 0 Å². The van der Waals surface area contributed by atoms with Crippen molar-refractivity contribution in [2.24, 2.45) is 0 Å². The van der Waals surface area contributed by atoms with Gasteiger partial charge in [0.15, 0.2) is 0 Å². The smallest absolute Gasteiger partial charge is 0.262 e. The third-order valence-electron chi connectivity index (χ3n) is 3.72. The van der Waals surface area contributed by atoms with Gasteiger partial charge in [-0.15, -0.1) is 0 Å². The van der Waals surface area contributed by atoms with E-state index in [-0.39, 0.29) is 18.7 Å². The van der Waals surface area contributed by atoms with Crippen LogP contribution in [0, 0.1) is 11.3 Å². The fraction of sp³-hybridized carbons (Fsp3) is 0.0952. The van der Waals surface area contributed by atoms with Gasteiger partial charge in [-0.25, -0.2) is 0 Å². The monoisotopic (exact) mass is 393 g/mol.